The summed E-state index contributed by atoms with van der Waals surface area (Å²) in [5.74, 6) is -1.85. The smallest absolute Gasteiger partial charge is 0.323 e. The fourth-order valence-corrected chi connectivity index (χ4v) is 3.77. The molecule has 0 spiro atoms. The number of hydrogen-bond acceptors (Lipinski definition) is 9. The molecule has 1 aromatic rings. The summed E-state index contributed by atoms with van der Waals surface area (Å²) < 4.78 is 22.1. The van der Waals surface area contributed by atoms with Crippen molar-refractivity contribution in [3.05, 3.63) is 23.8 Å². The van der Waals surface area contributed by atoms with Gasteiger partial charge in [0.15, 0.2) is 11.5 Å². The molecule has 0 bridgehead atoms. The molecule has 39 heavy (non-hydrogen) atoms. The van der Waals surface area contributed by atoms with Crippen LogP contribution in [0.2, 0.25) is 0 Å². The summed E-state index contributed by atoms with van der Waals surface area (Å²) in [7, 11) is 0. The van der Waals surface area contributed by atoms with E-state index in [2.05, 4.69) is 0 Å². The highest BCUT2D eigenvalue weighted by molar-refractivity contribution is 5.81. The van der Waals surface area contributed by atoms with Crippen LogP contribution in [0, 0.1) is 16.7 Å². The molecule has 0 unspecified atom stereocenters. The Hall–Kier alpha value is -2.94. The molecule has 1 aromatic carbocycles. The molecule has 218 valence electrons. The van der Waals surface area contributed by atoms with E-state index < -0.39 is 47.0 Å². The molecular weight excluding hydrogens is 502 g/mol. The van der Waals surface area contributed by atoms with Crippen molar-refractivity contribution in [2.75, 3.05) is 0 Å². The first-order chi connectivity index (χ1) is 18.0. The number of carbonyl (C=O) groups excluding carboxylic acids is 4. The van der Waals surface area contributed by atoms with Gasteiger partial charge in [-0.3, -0.25) is 19.2 Å². The number of ether oxygens (including phenoxy) is 4. The van der Waals surface area contributed by atoms with Gasteiger partial charge in [0.05, 0.1) is 16.7 Å². The third-order valence-electron chi connectivity index (χ3n) is 6.60. The van der Waals surface area contributed by atoms with E-state index in [1.165, 1.54) is 12.1 Å². The van der Waals surface area contributed by atoms with Gasteiger partial charge in [0.25, 0.3) is 0 Å². The zero-order chi connectivity index (χ0) is 29.5. The van der Waals surface area contributed by atoms with E-state index in [4.69, 9.17) is 24.7 Å². The van der Waals surface area contributed by atoms with Gasteiger partial charge in [0, 0.05) is 0 Å². The Bertz CT molecular complexity index is 1030. The molecule has 1 aliphatic carbocycles. The highest BCUT2D eigenvalue weighted by atomic mass is 16.6. The minimum Gasteiger partial charge on any atom is -0.459 e. The van der Waals surface area contributed by atoms with Crippen LogP contribution in [0.15, 0.2) is 18.2 Å². The Morgan fingerprint density at radius 1 is 0.821 bits per heavy atom. The molecule has 0 heterocycles. The lowest BCUT2D eigenvalue weighted by molar-refractivity contribution is -0.169. The summed E-state index contributed by atoms with van der Waals surface area (Å²) in [6.07, 6.45) is 3.60. The molecule has 9 heteroatoms. The maximum Gasteiger partial charge on any atom is 0.323 e. The first-order valence-electron chi connectivity index (χ1n) is 13.7. The van der Waals surface area contributed by atoms with Crippen LogP contribution in [0.3, 0.4) is 0 Å². The van der Waals surface area contributed by atoms with Crippen molar-refractivity contribution in [2.45, 2.75) is 112 Å². The number of esters is 4. The molecule has 0 aromatic heterocycles. The van der Waals surface area contributed by atoms with Crippen LogP contribution in [0.4, 0.5) is 0 Å². The predicted octanol–water partition coefficient (Wildman–Crippen LogP) is 4.90. The molecule has 1 fully saturated rings. The lowest BCUT2D eigenvalue weighted by atomic mass is 9.89. The Balaban J connectivity index is 2.07. The molecular formula is C30H45NO8. The monoisotopic (exact) mass is 547 g/mol. The van der Waals surface area contributed by atoms with Gasteiger partial charge < -0.3 is 24.7 Å². The number of rotatable bonds is 9. The first kappa shape index (κ1) is 32.3. The van der Waals surface area contributed by atoms with Crippen LogP contribution in [-0.4, -0.2) is 42.1 Å². The van der Waals surface area contributed by atoms with Gasteiger partial charge in [-0.1, -0.05) is 25.3 Å². The maximum atomic E-state index is 12.7. The SMILES string of the molecule is C[C@H](OC(=O)C1CCCCC1)[C@H](C)OC(=O)[C@@H](N)Cc1ccc(OC(=O)C(C)(C)C)c(OC(=O)C(C)(C)C)c1. The predicted molar refractivity (Wildman–Crippen MR) is 146 cm³/mol. The van der Waals surface area contributed by atoms with Gasteiger partial charge in [-0.05, 0) is 92.3 Å². The molecule has 9 nitrogen and oxygen atoms in total. The average molecular weight is 548 g/mol. The molecule has 0 radical (unpaired) electrons. The van der Waals surface area contributed by atoms with Crippen LogP contribution in [0.25, 0.3) is 0 Å². The first-order valence-corrected chi connectivity index (χ1v) is 13.7. The van der Waals surface area contributed by atoms with Gasteiger partial charge in [-0.2, -0.15) is 0 Å². The number of nitrogens with two attached hydrogens (primary N) is 1. The highest BCUT2D eigenvalue weighted by Crippen LogP contribution is 2.33. The summed E-state index contributed by atoms with van der Waals surface area (Å²) in [4.78, 5) is 50.2. The molecule has 3 atom stereocenters. The Morgan fingerprint density at radius 3 is 1.87 bits per heavy atom. The molecule has 2 N–H and O–H groups in total. The summed E-state index contributed by atoms with van der Waals surface area (Å²) in [5.41, 5.74) is 5.15. The minimum atomic E-state index is -1.03. The number of hydrogen-bond donors (Lipinski definition) is 1. The van der Waals surface area contributed by atoms with E-state index in [0.29, 0.717) is 5.56 Å². The van der Waals surface area contributed by atoms with Crippen molar-refractivity contribution in [1.29, 1.82) is 0 Å². The van der Waals surface area contributed by atoms with Crippen molar-refractivity contribution in [2.24, 2.45) is 22.5 Å². The zero-order valence-corrected chi connectivity index (χ0v) is 24.6. The number of carbonyl (C=O) groups is 4. The topological polar surface area (TPSA) is 131 Å². The van der Waals surface area contributed by atoms with Crippen LogP contribution < -0.4 is 15.2 Å². The Morgan fingerprint density at radius 2 is 1.33 bits per heavy atom. The maximum absolute atomic E-state index is 12.7. The second-order valence-electron chi connectivity index (χ2n) is 12.5. The Kier molecular flexibility index (Phi) is 11.1. The van der Waals surface area contributed by atoms with Crippen molar-refractivity contribution < 1.29 is 38.1 Å². The highest BCUT2D eigenvalue weighted by Gasteiger charge is 2.30. The van der Waals surface area contributed by atoms with Gasteiger partial charge in [0.2, 0.25) is 0 Å². The molecule has 1 saturated carbocycles. The van der Waals surface area contributed by atoms with Crippen LogP contribution in [-0.2, 0) is 35.1 Å². The van der Waals surface area contributed by atoms with Crippen LogP contribution in [0.1, 0.15) is 93.1 Å². The third kappa shape index (κ3) is 9.95. The molecule has 2 rings (SSSR count). The van der Waals surface area contributed by atoms with Crippen molar-refractivity contribution in [3.8, 4) is 11.5 Å². The third-order valence-corrected chi connectivity index (χ3v) is 6.60. The van der Waals surface area contributed by atoms with Crippen molar-refractivity contribution in [1.82, 2.24) is 0 Å². The summed E-state index contributed by atoms with van der Waals surface area (Å²) >= 11 is 0. The summed E-state index contributed by atoms with van der Waals surface area (Å²) in [6.45, 7) is 13.6. The van der Waals surface area contributed by atoms with E-state index in [0.717, 1.165) is 32.1 Å². The largest absolute Gasteiger partial charge is 0.459 e. The fraction of sp³-hybridized carbons (Fsp3) is 0.667. The van der Waals surface area contributed by atoms with Gasteiger partial charge >= 0.3 is 23.9 Å². The molecule has 0 amide bonds. The minimum absolute atomic E-state index is 0.0576. The Labute approximate surface area is 232 Å². The second-order valence-corrected chi connectivity index (χ2v) is 12.5. The quantitative estimate of drug-likeness (QED) is 0.338. The van der Waals surface area contributed by atoms with E-state index in [1.807, 2.05) is 0 Å². The van der Waals surface area contributed by atoms with Gasteiger partial charge in [-0.15, -0.1) is 0 Å². The van der Waals surface area contributed by atoms with E-state index in [9.17, 15) is 19.2 Å². The molecule has 0 aliphatic heterocycles. The standard InChI is InChI=1S/C30H45NO8/c1-18(36-25(32)21-12-10-9-11-13-21)19(2)37-26(33)22(31)16-20-14-15-23(38-27(34)29(3,4)5)24(17-20)39-28(35)30(6,7)8/h14-15,17-19,21-22H,9-13,16,31H2,1-8H3/t18-,19-,22-/m0/s1. The average Bonchev–Trinajstić information content (AvgIpc) is 2.84. The summed E-state index contributed by atoms with van der Waals surface area (Å²) in [5, 5.41) is 0. The van der Waals surface area contributed by atoms with E-state index in [1.54, 1.807) is 61.5 Å². The van der Waals surface area contributed by atoms with Crippen molar-refractivity contribution >= 4 is 23.9 Å². The number of benzene rings is 1. The normalized spacial score (nSPS) is 16.9. The van der Waals surface area contributed by atoms with E-state index in [-0.39, 0.29) is 29.8 Å². The van der Waals surface area contributed by atoms with Crippen LogP contribution >= 0.6 is 0 Å². The molecule has 1 aliphatic rings. The lowest BCUT2D eigenvalue weighted by Gasteiger charge is -2.26. The lowest BCUT2D eigenvalue weighted by Crippen LogP contribution is -2.40. The summed E-state index contributed by atoms with van der Waals surface area (Å²) in [6, 6.07) is 3.66. The molecule has 0 saturated heterocycles. The van der Waals surface area contributed by atoms with Crippen molar-refractivity contribution in [3.63, 3.8) is 0 Å². The fourth-order valence-electron chi connectivity index (χ4n) is 3.77. The van der Waals surface area contributed by atoms with E-state index >= 15 is 0 Å². The van der Waals surface area contributed by atoms with Crippen LogP contribution in [0.5, 0.6) is 11.5 Å². The van der Waals surface area contributed by atoms with Gasteiger partial charge in [-0.25, -0.2) is 0 Å². The zero-order valence-electron chi connectivity index (χ0n) is 24.6. The second kappa shape index (κ2) is 13.4. The van der Waals surface area contributed by atoms with Gasteiger partial charge in [0.1, 0.15) is 18.2 Å².